The second-order valence-corrected chi connectivity index (χ2v) is 3.74. The summed E-state index contributed by atoms with van der Waals surface area (Å²) < 4.78 is 33.1. The maximum absolute atomic E-state index is 12.7. The van der Waals surface area contributed by atoms with Crippen LogP contribution in [0.1, 0.15) is 5.69 Å². The van der Waals surface area contributed by atoms with Gasteiger partial charge in [0.1, 0.15) is 0 Å². The fourth-order valence-corrected chi connectivity index (χ4v) is 1.02. The molecule has 2 N–H and O–H groups in total. The lowest BCUT2D eigenvalue weighted by atomic mass is 10.4. The molecule has 1 aromatic heterocycles. The molecule has 0 bridgehead atoms. The van der Waals surface area contributed by atoms with Gasteiger partial charge in [-0.25, -0.2) is 5.14 Å². The van der Waals surface area contributed by atoms with E-state index in [1.807, 2.05) is 0 Å². The first-order valence-corrected chi connectivity index (χ1v) is 4.86. The molecule has 0 fully saturated rings. The Bertz CT molecular complexity index is 367. The average molecular weight is 205 g/mol. The van der Waals surface area contributed by atoms with Crippen LogP contribution in [0.4, 0.5) is 4.48 Å². The van der Waals surface area contributed by atoms with Gasteiger partial charge in [-0.15, -0.1) is 4.48 Å². The van der Waals surface area contributed by atoms with Gasteiger partial charge < -0.3 is 0 Å². The Balaban J connectivity index is 2.72. The van der Waals surface area contributed by atoms with Crippen LogP contribution in [0.3, 0.4) is 0 Å². The predicted octanol–water partition coefficient (Wildman–Crippen LogP) is -0.0284. The number of pyridine rings is 1. The van der Waals surface area contributed by atoms with Crippen LogP contribution >= 0.6 is 0 Å². The van der Waals surface area contributed by atoms with E-state index >= 15 is 0 Å². The standard InChI is InChI=1S/C6H8FN3O2S/c7-10(13(8,11)12)5-6-3-1-2-4-9-6/h1-4H,5H2,(H2,8,11,12). The Kier molecular flexibility index (Phi) is 2.91. The quantitative estimate of drug-likeness (QED) is 0.704. The molecule has 0 saturated heterocycles. The predicted molar refractivity (Wildman–Crippen MR) is 44.0 cm³/mol. The van der Waals surface area contributed by atoms with E-state index in [-0.39, 0.29) is 0 Å². The number of hydrogen-bond acceptors (Lipinski definition) is 3. The van der Waals surface area contributed by atoms with E-state index < -0.39 is 21.3 Å². The van der Waals surface area contributed by atoms with E-state index in [1.165, 1.54) is 12.3 Å². The second kappa shape index (κ2) is 3.77. The Morgan fingerprint density at radius 3 is 2.69 bits per heavy atom. The molecule has 13 heavy (non-hydrogen) atoms. The molecule has 0 aromatic carbocycles. The molecule has 0 aliphatic heterocycles. The molecule has 0 unspecified atom stereocenters. The molecule has 1 heterocycles. The van der Waals surface area contributed by atoms with Gasteiger partial charge >= 0.3 is 10.2 Å². The third-order valence-electron chi connectivity index (χ3n) is 1.29. The highest BCUT2D eigenvalue weighted by Gasteiger charge is 2.16. The second-order valence-electron chi connectivity index (χ2n) is 2.31. The summed E-state index contributed by atoms with van der Waals surface area (Å²) in [5.41, 5.74) is 0.291. The largest absolute Gasteiger partial charge is 0.303 e. The highest BCUT2D eigenvalue weighted by Crippen LogP contribution is 2.03. The minimum Gasteiger partial charge on any atom is -0.260 e. The highest BCUT2D eigenvalue weighted by molar-refractivity contribution is 7.86. The van der Waals surface area contributed by atoms with Gasteiger partial charge in [0.05, 0.1) is 12.2 Å². The Labute approximate surface area is 75.1 Å². The van der Waals surface area contributed by atoms with Gasteiger partial charge in [-0.2, -0.15) is 8.42 Å². The number of hydrogen-bond donors (Lipinski definition) is 1. The van der Waals surface area contributed by atoms with E-state index in [0.29, 0.717) is 5.69 Å². The zero-order valence-corrected chi connectivity index (χ0v) is 7.41. The lowest BCUT2D eigenvalue weighted by molar-refractivity contribution is 0.129. The van der Waals surface area contributed by atoms with Gasteiger partial charge in [0.2, 0.25) is 0 Å². The topological polar surface area (TPSA) is 76.3 Å². The summed E-state index contributed by atoms with van der Waals surface area (Å²) in [5.74, 6) is 0. The van der Waals surface area contributed by atoms with Crippen LogP contribution in [-0.4, -0.2) is 17.9 Å². The Hall–Kier alpha value is -1.05. The van der Waals surface area contributed by atoms with Gasteiger partial charge in [-0.1, -0.05) is 6.07 Å². The minimum absolute atomic E-state index is 0.291. The molecule has 0 amide bonds. The van der Waals surface area contributed by atoms with Crippen LogP contribution in [0.2, 0.25) is 0 Å². The van der Waals surface area contributed by atoms with Crippen molar-refractivity contribution in [1.82, 2.24) is 9.51 Å². The molecule has 72 valence electrons. The van der Waals surface area contributed by atoms with Crippen LogP contribution < -0.4 is 5.14 Å². The molecular weight excluding hydrogens is 197 g/mol. The molecule has 7 heteroatoms. The molecule has 0 aliphatic rings. The van der Waals surface area contributed by atoms with Crippen molar-refractivity contribution in [2.24, 2.45) is 5.14 Å². The fourth-order valence-electron chi connectivity index (χ4n) is 0.709. The SMILES string of the molecule is NS(=O)(=O)N(F)Cc1ccccn1. The van der Waals surface area contributed by atoms with Crippen molar-refractivity contribution in [3.8, 4) is 0 Å². The summed E-state index contributed by atoms with van der Waals surface area (Å²) in [6, 6.07) is 4.76. The summed E-state index contributed by atoms with van der Waals surface area (Å²) in [6.45, 7) is -0.473. The van der Waals surface area contributed by atoms with Gasteiger partial charge in [0.25, 0.3) is 0 Å². The highest BCUT2D eigenvalue weighted by atomic mass is 32.2. The van der Waals surface area contributed by atoms with Crippen molar-refractivity contribution in [2.45, 2.75) is 6.54 Å². The number of nitrogens with zero attached hydrogens (tertiary/aromatic N) is 2. The summed E-state index contributed by atoms with van der Waals surface area (Å²) in [4.78, 5) is 3.73. The van der Waals surface area contributed by atoms with Crippen LogP contribution in [0.5, 0.6) is 0 Å². The molecule has 0 spiro atoms. The van der Waals surface area contributed by atoms with Gasteiger partial charge in [0, 0.05) is 6.20 Å². The molecule has 5 nitrogen and oxygen atoms in total. The number of rotatable bonds is 3. The third-order valence-corrected chi connectivity index (χ3v) is 1.97. The summed E-state index contributed by atoms with van der Waals surface area (Å²) in [7, 11) is -4.27. The molecule has 0 radical (unpaired) electrons. The molecular formula is C6H8FN3O2S. The first-order chi connectivity index (χ1) is 6.00. The number of nitrogens with two attached hydrogens (primary N) is 1. The molecule has 0 atom stereocenters. The van der Waals surface area contributed by atoms with Crippen molar-refractivity contribution in [2.75, 3.05) is 0 Å². The van der Waals surface area contributed by atoms with Crippen LogP contribution in [0.25, 0.3) is 0 Å². The maximum Gasteiger partial charge on any atom is 0.303 e. The van der Waals surface area contributed by atoms with Crippen LogP contribution in [0.15, 0.2) is 24.4 Å². The molecule has 0 saturated carbocycles. The summed E-state index contributed by atoms with van der Waals surface area (Å²) in [5, 5.41) is 4.52. The van der Waals surface area contributed by atoms with Gasteiger partial charge in [-0.05, 0) is 16.7 Å². The van der Waals surface area contributed by atoms with E-state index in [2.05, 4.69) is 10.1 Å². The minimum atomic E-state index is -4.27. The molecule has 1 aromatic rings. The lowest BCUT2D eigenvalue weighted by Crippen LogP contribution is -2.29. The number of halogens is 1. The Morgan fingerprint density at radius 1 is 1.54 bits per heavy atom. The van der Waals surface area contributed by atoms with Crippen molar-refractivity contribution >= 4 is 10.2 Å². The summed E-state index contributed by atoms with van der Waals surface area (Å²) in [6.07, 6.45) is 1.44. The normalized spacial score (nSPS) is 11.9. The van der Waals surface area contributed by atoms with E-state index in [9.17, 15) is 12.9 Å². The van der Waals surface area contributed by atoms with Gasteiger partial charge in [0.15, 0.2) is 0 Å². The number of aromatic nitrogens is 1. The van der Waals surface area contributed by atoms with Crippen LogP contribution in [0, 0.1) is 0 Å². The zero-order chi connectivity index (χ0) is 9.90. The smallest absolute Gasteiger partial charge is 0.260 e. The van der Waals surface area contributed by atoms with E-state index in [1.54, 1.807) is 12.1 Å². The first-order valence-electron chi connectivity index (χ1n) is 3.36. The average Bonchev–Trinajstić information content (AvgIpc) is 2.04. The van der Waals surface area contributed by atoms with Crippen molar-refractivity contribution in [3.05, 3.63) is 30.1 Å². The zero-order valence-electron chi connectivity index (χ0n) is 6.59. The third kappa shape index (κ3) is 3.05. The van der Waals surface area contributed by atoms with Crippen molar-refractivity contribution in [3.63, 3.8) is 0 Å². The monoisotopic (exact) mass is 205 g/mol. The van der Waals surface area contributed by atoms with Crippen molar-refractivity contribution < 1.29 is 12.9 Å². The van der Waals surface area contributed by atoms with Gasteiger partial charge in [-0.3, -0.25) is 4.98 Å². The fraction of sp³-hybridized carbons (Fsp3) is 0.167. The lowest BCUT2D eigenvalue weighted by Gasteiger charge is -2.06. The van der Waals surface area contributed by atoms with E-state index in [4.69, 9.17) is 0 Å². The first kappa shape index (κ1) is 10.0. The van der Waals surface area contributed by atoms with Crippen LogP contribution in [-0.2, 0) is 16.8 Å². The molecule has 0 aliphatic carbocycles. The maximum atomic E-state index is 12.7. The van der Waals surface area contributed by atoms with Crippen molar-refractivity contribution in [1.29, 1.82) is 0 Å². The Morgan fingerprint density at radius 2 is 2.23 bits per heavy atom. The molecule has 1 rings (SSSR count). The summed E-state index contributed by atoms with van der Waals surface area (Å²) >= 11 is 0. The van der Waals surface area contributed by atoms with E-state index in [0.717, 1.165) is 0 Å².